The van der Waals surface area contributed by atoms with Crippen LogP contribution in [0, 0.1) is 0 Å². The van der Waals surface area contributed by atoms with E-state index in [1.807, 2.05) is 0 Å². The van der Waals surface area contributed by atoms with Crippen LogP contribution in [0.15, 0.2) is 0 Å². The third-order valence-electron chi connectivity index (χ3n) is 2.80. The first-order chi connectivity index (χ1) is 7.22. The van der Waals surface area contributed by atoms with Crippen LogP contribution in [0.4, 0.5) is 0 Å². The molecule has 1 saturated heterocycles. The van der Waals surface area contributed by atoms with Gasteiger partial charge in [0.05, 0.1) is 6.10 Å². The number of carbonyl (C=O) groups excluding carboxylic acids is 1. The van der Waals surface area contributed by atoms with Gasteiger partial charge in [-0.2, -0.15) is 0 Å². The summed E-state index contributed by atoms with van der Waals surface area (Å²) in [6.45, 7) is 1.65. The second-order valence-electron chi connectivity index (χ2n) is 3.74. The molecule has 0 saturated carbocycles. The lowest BCUT2D eigenvalue weighted by Crippen LogP contribution is -2.49. The summed E-state index contributed by atoms with van der Waals surface area (Å²) in [6.07, 6.45) is 1.63. The van der Waals surface area contributed by atoms with E-state index in [1.54, 1.807) is 12.0 Å². The molecule has 0 aromatic heterocycles. The van der Waals surface area contributed by atoms with Gasteiger partial charge in [-0.1, -0.05) is 0 Å². The number of nitrogens with two attached hydrogens (primary N) is 1. The molecule has 88 valence electrons. The van der Waals surface area contributed by atoms with Gasteiger partial charge in [-0.25, -0.2) is 0 Å². The Kier molecular flexibility index (Phi) is 5.01. The molecule has 0 aliphatic carbocycles. The van der Waals surface area contributed by atoms with Crippen molar-refractivity contribution < 1.29 is 14.3 Å². The topological polar surface area (TPSA) is 64.8 Å². The van der Waals surface area contributed by atoms with Crippen LogP contribution in [0.1, 0.15) is 12.8 Å². The van der Waals surface area contributed by atoms with E-state index in [9.17, 15) is 4.79 Å². The molecule has 2 unspecified atom stereocenters. The smallest absolute Gasteiger partial charge is 0.253 e. The van der Waals surface area contributed by atoms with Gasteiger partial charge in [-0.3, -0.25) is 4.79 Å². The molecule has 5 nitrogen and oxygen atoms in total. The van der Waals surface area contributed by atoms with Crippen molar-refractivity contribution in [1.82, 2.24) is 4.90 Å². The van der Waals surface area contributed by atoms with Crippen molar-refractivity contribution in [2.75, 3.05) is 33.9 Å². The normalized spacial score (nSPS) is 23.9. The van der Waals surface area contributed by atoms with E-state index >= 15 is 0 Å². The number of carbonyl (C=O) groups is 1. The molecule has 0 spiro atoms. The molecule has 1 rings (SSSR count). The van der Waals surface area contributed by atoms with E-state index < -0.39 is 6.10 Å². The van der Waals surface area contributed by atoms with Crippen molar-refractivity contribution in [2.45, 2.75) is 25.0 Å². The Balaban J connectivity index is 2.51. The Hall–Kier alpha value is -0.650. The van der Waals surface area contributed by atoms with Crippen LogP contribution in [0.2, 0.25) is 0 Å². The van der Waals surface area contributed by atoms with Gasteiger partial charge in [0.15, 0.2) is 0 Å². The Labute approximate surface area is 90.5 Å². The molecular formula is C10H20N2O3. The van der Waals surface area contributed by atoms with Gasteiger partial charge in [0.25, 0.3) is 5.91 Å². The molecule has 1 heterocycles. The second kappa shape index (κ2) is 6.05. The molecule has 2 atom stereocenters. The summed E-state index contributed by atoms with van der Waals surface area (Å²) < 4.78 is 10.3. The van der Waals surface area contributed by atoms with E-state index in [0.717, 1.165) is 19.4 Å². The summed E-state index contributed by atoms with van der Waals surface area (Å²) >= 11 is 0. The van der Waals surface area contributed by atoms with Crippen LogP contribution < -0.4 is 5.73 Å². The number of likely N-dealkylation sites (tertiary alicyclic amines) is 1. The molecule has 1 aliphatic heterocycles. The van der Waals surface area contributed by atoms with Crippen molar-refractivity contribution in [3.05, 3.63) is 0 Å². The molecule has 1 amide bonds. The Morgan fingerprint density at radius 3 is 2.87 bits per heavy atom. The predicted octanol–water partition coefficient (Wildman–Crippen LogP) is -0.402. The third kappa shape index (κ3) is 3.15. The number of hydrogen-bond donors (Lipinski definition) is 1. The average Bonchev–Trinajstić information content (AvgIpc) is 2.30. The van der Waals surface area contributed by atoms with Crippen molar-refractivity contribution in [3.63, 3.8) is 0 Å². The van der Waals surface area contributed by atoms with Crippen LogP contribution in [0.25, 0.3) is 0 Å². The van der Waals surface area contributed by atoms with E-state index in [4.69, 9.17) is 15.2 Å². The highest BCUT2D eigenvalue weighted by molar-refractivity contribution is 5.81. The van der Waals surface area contributed by atoms with E-state index in [-0.39, 0.29) is 18.6 Å². The first-order valence-electron chi connectivity index (χ1n) is 5.27. The van der Waals surface area contributed by atoms with Crippen LogP contribution >= 0.6 is 0 Å². The number of hydrogen-bond acceptors (Lipinski definition) is 4. The highest BCUT2D eigenvalue weighted by Gasteiger charge is 2.27. The maximum atomic E-state index is 11.9. The fraction of sp³-hybridized carbons (Fsp3) is 0.900. The SMILES string of the molecule is COC1CCCN(C(=O)C(CN)OC)C1. The summed E-state index contributed by atoms with van der Waals surface area (Å²) in [6, 6.07) is 0. The van der Waals surface area contributed by atoms with E-state index in [1.165, 1.54) is 7.11 Å². The standard InChI is InChI=1S/C10H20N2O3/c1-14-8-4-3-5-12(7-8)10(13)9(6-11)15-2/h8-9H,3-7,11H2,1-2H3. The highest BCUT2D eigenvalue weighted by atomic mass is 16.5. The monoisotopic (exact) mass is 216 g/mol. The zero-order valence-electron chi connectivity index (χ0n) is 9.44. The van der Waals surface area contributed by atoms with Crippen molar-refractivity contribution in [3.8, 4) is 0 Å². The van der Waals surface area contributed by atoms with Gasteiger partial charge >= 0.3 is 0 Å². The zero-order chi connectivity index (χ0) is 11.3. The van der Waals surface area contributed by atoms with Crippen LogP contribution in [0.3, 0.4) is 0 Å². The van der Waals surface area contributed by atoms with Gasteiger partial charge in [0.1, 0.15) is 6.10 Å². The van der Waals surface area contributed by atoms with E-state index in [2.05, 4.69) is 0 Å². The molecule has 0 bridgehead atoms. The Morgan fingerprint density at radius 2 is 2.33 bits per heavy atom. The number of rotatable bonds is 4. The molecule has 15 heavy (non-hydrogen) atoms. The average molecular weight is 216 g/mol. The first-order valence-corrected chi connectivity index (χ1v) is 5.27. The summed E-state index contributed by atoms with van der Waals surface area (Å²) in [5.74, 6) is -0.0262. The first kappa shape index (κ1) is 12.4. The molecule has 1 aliphatic rings. The van der Waals surface area contributed by atoms with Gasteiger partial charge in [-0.15, -0.1) is 0 Å². The fourth-order valence-electron chi connectivity index (χ4n) is 1.83. The molecule has 0 radical (unpaired) electrons. The zero-order valence-corrected chi connectivity index (χ0v) is 9.44. The third-order valence-corrected chi connectivity index (χ3v) is 2.80. The number of piperidine rings is 1. The number of amides is 1. The van der Waals surface area contributed by atoms with Crippen LogP contribution in [-0.4, -0.2) is 56.9 Å². The largest absolute Gasteiger partial charge is 0.380 e. The summed E-state index contributed by atoms with van der Waals surface area (Å²) in [4.78, 5) is 13.7. The second-order valence-corrected chi connectivity index (χ2v) is 3.74. The molecule has 5 heteroatoms. The molecule has 1 fully saturated rings. The van der Waals surface area contributed by atoms with Gasteiger partial charge < -0.3 is 20.1 Å². The van der Waals surface area contributed by atoms with Gasteiger partial charge in [0, 0.05) is 33.9 Å². The summed E-state index contributed by atoms with van der Waals surface area (Å²) in [7, 11) is 3.18. The Bertz CT molecular complexity index is 207. The minimum absolute atomic E-state index is 0.0262. The maximum absolute atomic E-state index is 11.9. The van der Waals surface area contributed by atoms with Gasteiger partial charge in [0.2, 0.25) is 0 Å². The molecule has 0 aromatic rings. The summed E-state index contributed by atoms with van der Waals surface area (Å²) in [5, 5.41) is 0. The number of methoxy groups -OCH3 is 2. The lowest BCUT2D eigenvalue weighted by Gasteiger charge is -2.33. The summed E-state index contributed by atoms with van der Waals surface area (Å²) in [5.41, 5.74) is 5.45. The number of nitrogens with zero attached hydrogens (tertiary/aromatic N) is 1. The van der Waals surface area contributed by atoms with E-state index in [0.29, 0.717) is 6.54 Å². The predicted molar refractivity (Wildman–Crippen MR) is 56.5 cm³/mol. The van der Waals surface area contributed by atoms with Crippen LogP contribution in [-0.2, 0) is 14.3 Å². The quantitative estimate of drug-likeness (QED) is 0.694. The number of ether oxygens (including phenoxy) is 2. The molecule has 0 aromatic carbocycles. The van der Waals surface area contributed by atoms with Crippen molar-refractivity contribution >= 4 is 5.91 Å². The van der Waals surface area contributed by atoms with Gasteiger partial charge in [-0.05, 0) is 12.8 Å². The van der Waals surface area contributed by atoms with Crippen molar-refractivity contribution in [1.29, 1.82) is 0 Å². The fourth-order valence-corrected chi connectivity index (χ4v) is 1.83. The minimum atomic E-state index is -0.513. The minimum Gasteiger partial charge on any atom is -0.380 e. The van der Waals surface area contributed by atoms with Crippen molar-refractivity contribution in [2.24, 2.45) is 5.73 Å². The highest BCUT2D eigenvalue weighted by Crippen LogP contribution is 2.13. The van der Waals surface area contributed by atoms with Crippen LogP contribution in [0.5, 0.6) is 0 Å². The maximum Gasteiger partial charge on any atom is 0.253 e. The lowest BCUT2D eigenvalue weighted by atomic mass is 10.1. The molecular weight excluding hydrogens is 196 g/mol. The Morgan fingerprint density at radius 1 is 1.60 bits per heavy atom. The molecule has 2 N–H and O–H groups in total. The lowest BCUT2D eigenvalue weighted by molar-refractivity contribution is -0.144.